The third-order valence-corrected chi connectivity index (χ3v) is 4.63. The van der Waals surface area contributed by atoms with E-state index in [-0.39, 0.29) is 5.41 Å². The molecule has 0 aliphatic carbocycles. The van der Waals surface area contributed by atoms with Crippen LogP contribution in [0.5, 0.6) is 0 Å². The number of thiophene rings is 1. The van der Waals surface area contributed by atoms with Crippen LogP contribution in [0.1, 0.15) is 49.1 Å². The van der Waals surface area contributed by atoms with E-state index in [2.05, 4.69) is 67.4 Å². The number of guanidine groups is 1. The first-order valence-corrected chi connectivity index (χ1v) is 9.07. The van der Waals surface area contributed by atoms with Crippen LogP contribution in [0.15, 0.2) is 27.7 Å². The maximum absolute atomic E-state index is 5.79. The number of rotatable bonds is 5. The van der Waals surface area contributed by atoms with Crippen molar-refractivity contribution in [2.24, 2.45) is 4.99 Å². The minimum absolute atomic E-state index is 0.0292. The first-order valence-electron chi connectivity index (χ1n) is 8.25. The number of hydrogen-bond donors (Lipinski definition) is 2. The lowest BCUT2D eigenvalue weighted by molar-refractivity contribution is 0.379. The molecule has 0 radical (unpaired) electrons. The zero-order valence-corrected chi connectivity index (χ0v) is 16.3. The van der Waals surface area contributed by atoms with Crippen molar-refractivity contribution < 1.29 is 4.42 Å². The van der Waals surface area contributed by atoms with Crippen molar-refractivity contribution in [1.82, 2.24) is 15.6 Å². The topological polar surface area (TPSA) is 62.5 Å². The second-order valence-corrected chi connectivity index (χ2v) is 8.43. The number of nitrogens with zero attached hydrogens (tertiary/aromatic N) is 2. The summed E-state index contributed by atoms with van der Waals surface area (Å²) >= 11 is 1.84. The second kappa shape index (κ2) is 7.83. The summed E-state index contributed by atoms with van der Waals surface area (Å²) < 4.78 is 5.79. The zero-order valence-electron chi connectivity index (χ0n) is 15.4. The summed E-state index contributed by atoms with van der Waals surface area (Å²) in [6.07, 6.45) is 2.78. The lowest BCUT2D eigenvalue weighted by Gasteiger charge is -2.17. The molecular formula is C18H28N4OS. The summed E-state index contributed by atoms with van der Waals surface area (Å²) in [7, 11) is 1.77. The molecule has 132 valence electrons. The quantitative estimate of drug-likeness (QED) is 0.640. The summed E-state index contributed by atoms with van der Waals surface area (Å²) in [5, 5.41) is 6.67. The van der Waals surface area contributed by atoms with E-state index in [4.69, 9.17) is 4.42 Å². The van der Waals surface area contributed by atoms with Crippen molar-refractivity contribution in [2.75, 3.05) is 7.05 Å². The molecule has 1 unspecified atom stereocenters. The van der Waals surface area contributed by atoms with Crippen LogP contribution < -0.4 is 10.6 Å². The van der Waals surface area contributed by atoms with E-state index in [9.17, 15) is 0 Å². The fraction of sp³-hybridized carbons (Fsp3) is 0.556. The van der Waals surface area contributed by atoms with Gasteiger partial charge < -0.3 is 15.1 Å². The Morgan fingerprint density at radius 2 is 2.12 bits per heavy atom. The van der Waals surface area contributed by atoms with Crippen LogP contribution in [0.25, 0.3) is 0 Å². The van der Waals surface area contributed by atoms with Crippen molar-refractivity contribution in [3.05, 3.63) is 39.7 Å². The highest BCUT2D eigenvalue weighted by molar-refractivity contribution is 7.11. The Balaban J connectivity index is 1.85. The van der Waals surface area contributed by atoms with Gasteiger partial charge in [0, 0.05) is 34.7 Å². The van der Waals surface area contributed by atoms with Crippen molar-refractivity contribution in [3.63, 3.8) is 0 Å². The molecule has 24 heavy (non-hydrogen) atoms. The summed E-state index contributed by atoms with van der Waals surface area (Å²) in [5.41, 5.74) is -0.0292. The van der Waals surface area contributed by atoms with Gasteiger partial charge in [-0.2, -0.15) is 0 Å². The molecule has 0 fully saturated rings. The standard InChI is InChI=1S/C18H28N4OS/c1-12(9-14-8-7-13(2)24-14)22-17(19-6)21-11-16-20-10-15(23-16)18(3,4)5/h7-8,10,12H,9,11H2,1-6H3,(H2,19,21,22). The minimum atomic E-state index is -0.0292. The summed E-state index contributed by atoms with van der Waals surface area (Å²) in [6, 6.07) is 4.65. The van der Waals surface area contributed by atoms with E-state index in [0.29, 0.717) is 18.5 Å². The van der Waals surface area contributed by atoms with E-state index in [1.807, 2.05) is 11.3 Å². The van der Waals surface area contributed by atoms with E-state index in [1.54, 1.807) is 13.2 Å². The fourth-order valence-corrected chi connectivity index (χ4v) is 3.29. The molecule has 0 saturated heterocycles. The molecule has 2 aromatic rings. The van der Waals surface area contributed by atoms with Gasteiger partial charge in [0.2, 0.25) is 5.89 Å². The third-order valence-electron chi connectivity index (χ3n) is 3.61. The maximum Gasteiger partial charge on any atom is 0.213 e. The number of hydrogen-bond acceptors (Lipinski definition) is 4. The van der Waals surface area contributed by atoms with Crippen LogP contribution in [0.2, 0.25) is 0 Å². The SMILES string of the molecule is CN=C(NCc1ncc(C(C)(C)C)o1)NC(C)Cc1ccc(C)s1. The van der Waals surface area contributed by atoms with E-state index < -0.39 is 0 Å². The van der Waals surface area contributed by atoms with Crippen molar-refractivity contribution >= 4 is 17.3 Å². The number of aryl methyl sites for hydroxylation is 1. The molecular weight excluding hydrogens is 320 g/mol. The highest BCUT2D eigenvalue weighted by Crippen LogP contribution is 2.22. The van der Waals surface area contributed by atoms with Gasteiger partial charge in [0.1, 0.15) is 5.76 Å². The van der Waals surface area contributed by atoms with Gasteiger partial charge in [-0.15, -0.1) is 11.3 Å². The Labute approximate surface area is 148 Å². The average molecular weight is 349 g/mol. The minimum Gasteiger partial charge on any atom is -0.443 e. The summed E-state index contributed by atoms with van der Waals surface area (Å²) in [4.78, 5) is 11.3. The number of aliphatic imine (C=N–C) groups is 1. The normalized spacial score (nSPS) is 13.8. The molecule has 6 heteroatoms. The highest BCUT2D eigenvalue weighted by atomic mass is 32.1. The predicted molar refractivity (Wildman–Crippen MR) is 101 cm³/mol. The Morgan fingerprint density at radius 1 is 1.38 bits per heavy atom. The highest BCUT2D eigenvalue weighted by Gasteiger charge is 2.19. The van der Waals surface area contributed by atoms with Crippen LogP contribution in [-0.4, -0.2) is 24.0 Å². The van der Waals surface area contributed by atoms with E-state index in [1.165, 1.54) is 9.75 Å². The zero-order chi connectivity index (χ0) is 17.7. The van der Waals surface area contributed by atoms with Gasteiger partial charge in [0.15, 0.2) is 5.96 Å². The largest absolute Gasteiger partial charge is 0.443 e. The fourth-order valence-electron chi connectivity index (χ4n) is 2.27. The van der Waals surface area contributed by atoms with Gasteiger partial charge in [0.05, 0.1) is 12.7 Å². The maximum atomic E-state index is 5.79. The molecule has 0 aromatic carbocycles. The lowest BCUT2D eigenvalue weighted by Crippen LogP contribution is -2.42. The molecule has 0 spiro atoms. The van der Waals surface area contributed by atoms with Crippen molar-refractivity contribution in [2.45, 2.75) is 59.0 Å². The summed E-state index contributed by atoms with van der Waals surface area (Å²) in [6.45, 7) is 11.1. The molecule has 5 nitrogen and oxygen atoms in total. The van der Waals surface area contributed by atoms with E-state index in [0.717, 1.165) is 18.1 Å². The third kappa shape index (κ3) is 5.37. The van der Waals surface area contributed by atoms with Gasteiger partial charge in [-0.1, -0.05) is 20.8 Å². The monoisotopic (exact) mass is 348 g/mol. The molecule has 0 aliphatic rings. The van der Waals surface area contributed by atoms with Crippen LogP contribution in [0.3, 0.4) is 0 Å². The Morgan fingerprint density at radius 3 is 2.67 bits per heavy atom. The second-order valence-electron chi connectivity index (χ2n) is 7.06. The molecule has 0 aliphatic heterocycles. The molecule has 0 saturated carbocycles. The van der Waals surface area contributed by atoms with Crippen LogP contribution >= 0.6 is 11.3 Å². The van der Waals surface area contributed by atoms with Crippen LogP contribution in [0, 0.1) is 6.92 Å². The number of aromatic nitrogens is 1. The van der Waals surface area contributed by atoms with Gasteiger partial charge in [0.25, 0.3) is 0 Å². The number of nitrogens with one attached hydrogen (secondary N) is 2. The van der Waals surface area contributed by atoms with Gasteiger partial charge in [-0.25, -0.2) is 4.98 Å². The average Bonchev–Trinajstić information content (AvgIpc) is 3.12. The molecule has 1 atom stereocenters. The number of oxazole rings is 1. The first-order chi connectivity index (χ1) is 11.3. The van der Waals surface area contributed by atoms with E-state index >= 15 is 0 Å². The molecule has 0 bridgehead atoms. The Bertz CT molecular complexity index is 681. The van der Waals surface area contributed by atoms with Gasteiger partial charge in [-0.05, 0) is 26.0 Å². The van der Waals surface area contributed by atoms with Crippen molar-refractivity contribution in [1.29, 1.82) is 0 Å². The first kappa shape index (κ1) is 18.5. The van der Waals surface area contributed by atoms with Crippen LogP contribution in [0.4, 0.5) is 0 Å². The van der Waals surface area contributed by atoms with Crippen molar-refractivity contribution in [3.8, 4) is 0 Å². The lowest BCUT2D eigenvalue weighted by atomic mass is 9.94. The molecule has 2 rings (SSSR count). The predicted octanol–water partition coefficient (Wildman–Crippen LogP) is 3.64. The summed E-state index contributed by atoms with van der Waals surface area (Å²) in [5.74, 6) is 2.32. The Hall–Kier alpha value is -1.82. The molecule has 2 aromatic heterocycles. The molecule has 2 heterocycles. The van der Waals surface area contributed by atoms with Gasteiger partial charge >= 0.3 is 0 Å². The smallest absolute Gasteiger partial charge is 0.213 e. The van der Waals surface area contributed by atoms with Gasteiger partial charge in [-0.3, -0.25) is 4.99 Å². The molecule has 2 N–H and O–H groups in total. The molecule has 0 amide bonds. The van der Waals surface area contributed by atoms with Crippen LogP contribution in [-0.2, 0) is 18.4 Å². The Kier molecular flexibility index (Phi) is 6.04.